The molecule has 1 aliphatic rings. The average molecular weight is 615 g/mol. The second kappa shape index (κ2) is 11.0. The van der Waals surface area contributed by atoms with Crippen molar-refractivity contribution >= 4 is 53.8 Å². The van der Waals surface area contributed by atoms with Gasteiger partial charge in [-0.1, -0.05) is 32.0 Å². The molecule has 0 saturated heterocycles. The Morgan fingerprint density at radius 3 is 2.53 bits per heavy atom. The van der Waals surface area contributed by atoms with Crippen LogP contribution >= 0.6 is 27.3 Å². The Kier molecular flexibility index (Phi) is 7.65. The van der Waals surface area contributed by atoms with Crippen LogP contribution in [0, 0.1) is 0 Å². The lowest BCUT2D eigenvalue weighted by Gasteiger charge is -2.33. The summed E-state index contributed by atoms with van der Waals surface area (Å²) in [5, 5.41) is 2.16. The summed E-state index contributed by atoms with van der Waals surface area (Å²) < 4.78 is 41.4. The average Bonchev–Trinajstić information content (AvgIpc) is 3.46. The zero-order valence-corrected chi connectivity index (χ0v) is 24.5. The van der Waals surface area contributed by atoms with Gasteiger partial charge in [0, 0.05) is 22.1 Å². The highest BCUT2D eigenvalue weighted by atomic mass is 79.9. The van der Waals surface area contributed by atoms with E-state index in [9.17, 15) is 8.42 Å². The second-order valence-electron chi connectivity index (χ2n) is 9.17. The molecule has 0 aliphatic carbocycles. The molecular weight excluding hydrogens is 586 g/mol. The normalized spacial score (nSPS) is 13.2. The van der Waals surface area contributed by atoms with Crippen LogP contribution in [0.5, 0.6) is 11.5 Å². The van der Waals surface area contributed by atoms with E-state index in [4.69, 9.17) is 9.47 Å². The monoisotopic (exact) mass is 613 g/mol. The fourth-order valence-corrected chi connectivity index (χ4v) is 7.23. The molecule has 0 spiro atoms. The SMILES string of the molecule is COc1ccc(CN(c2nccs2)S(=O)(=O)c2ccc3c(c2)OCCN3c2ccc(C(C)C)cc2Br)cc1. The largest absolute Gasteiger partial charge is 0.497 e. The van der Waals surface area contributed by atoms with Crippen LogP contribution in [-0.4, -0.2) is 33.7 Å². The van der Waals surface area contributed by atoms with Gasteiger partial charge in [0.2, 0.25) is 0 Å². The number of rotatable bonds is 8. The minimum atomic E-state index is -3.93. The van der Waals surface area contributed by atoms with Crippen LogP contribution < -0.4 is 18.7 Å². The molecule has 0 bridgehead atoms. The molecule has 0 fully saturated rings. The van der Waals surface area contributed by atoms with Crippen molar-refractivity contribution in [1.82, 2.24) is 4.98 Å². The maximum Gasteiger partial charge on any atom is 0.266 e. The Hall–Kier alpha value is -3.08. The number of fused-ring (bicyclic) bond motifs is 1. The minimum Gasteiger partial charge on any atom is -0.497 e. The van der Waals surface area contributed by atoms with Gasteiger partial charge >= 0.3 is 0 Å². The standard InChI is InChI=1S/C28H28BrN3O4S2/c1-19(2)21-6-10-25(24(29)16-21)31-13-14-36-27-17-23(9-11-26(27)31)38(33,34)32(28-30-12-15-37-28)18-20-4-7-22(35-3)8-5-20/h4-12,15-17,19H,13-14,18H2,1-3H3. The van der Waals surface area contributed by atoms with Gasteiger partial charge in [-0.05, 0) is 69.4 Å². The topological polar surface area (TPSA) is 72.0 Å². The van der Waals surface area contributed by atoms with E-state index in [0.717, 1.165) is 21.4 Å². The van der Waals surface area contributed by atoms with Crippen molar-refractivity contribution in [3.63, 3.8) is 0 Å². The Labute approximate surface area is 235 Å². The van der Waals surface area contributed by atoms with Gasteiger partial charge in [0.05, 0.1) is 36.5 Å². The zero-order valence-electron chi connectivity index (χ0n) is 21.3. The first-order chi connectivity index (χ1) is 18.3. The van der Waals surface area contributed by atoms with E-state index in [1.807, 2.05) is 30.3 Å². The Bertz CT molecular complexity index is 1520. The quantitative estimate of drug-likeness (QED) is 0.214. The van der Waals surface area contributed by atoms with Crippen molar-refractivity contribution < 1.29 is 17.9 Å². The number of anilines is 3. The first kappa shape index (κ1) is 26.5. The first-order valence-corrected chi connectivity index (χ1v) is 15.3. The lowest BCUT2D eigenvalue weighted by molar-refractivity contribution is 0.313. The molecule has 198 valence electrons. The number of ether oxygens (including phenoxy) is 2. The number of nitrogens with zero attached hydrogens (tertiary/aromatic N) is 3. The van der Waals surface area contributed by atoms with Gasteiger partial charge in [-0.15, -0.1) is 11.3 Å². The summed E-state index contributed by atoms with van der Waals surface area (Å²) in [6.45, 7) is 5.56. The number of sulfonamides is 1. The van der Waals surface area contributed by atoms with Crippen molar-refractivity contribution in [2.45, 2.75) is 31.2 Å². The van der Waals surface area contributed by atoms with E-state index in [0.29, 0.717) is 35.7 Å². The lowest BCUT2D eigenvalue weighted by atomic mass is 10.0. The number of benzene rings is 3. The van der Waals surface area contributed by atoms with Crippen LogP contribution in [0.3, 0.4) is 0 Å². The summed E-state index contributed by atoms with van der Waals surface area (Å²) in [4.78, 5) is 6.60. The highest BCUT2D eigenvalue weighted by Crippen LogP contribution is 2.42. The van der Waals surface area contributed by atoms with Gasteiger partial charge in [-0.3, -0.25) is 0 Å². The van der Waals surface area contributed by atoms with Gasteiger partial charge in [-0.2, -0.15) is 0 Å². The predicted molar refractivity (Wildman–Crippen MR) is 156 cm³/mol. The highest BCUT2D eigenvalue weighted by molar-refractivity contribution is 9.10. The molecule has 1 aromatic heterocycles. The molecule has 0 atom stereocenters. The smallest absolute Gasteiger partial charge is 0.266 e. The molecule has 2 heterocycles. The summed E-state index contributed by atoms with van der Waals surface area (Å²) >= 11 is 5.01. The lowest BCUT2D eigenvalue weighted by Crippen LogP contribution is -2.31. The van der Waals surface area contributed by atoms with Crippen LogP contribution in [0.2, 0.25) is 0 Å². The van der Waals surface area contributed by atoms with Crippen LogP contribution in [0.25, 0.3) is 0 Å². The molecule has 0 N–H and O–H groups in total. The van der Waals surface area contributed by atoms with Gasteiger partial charge in [0.25, 0.3) is 10.0 Å². The van der Waals surface area contributed by atoms with Crippen molar-refractivity contribution in [3.8, 4) is 11.5 Å². The number of halogens is 1. The maximum atomic E-state index is 13.9. The van der Waals surface area contributed by atoms with Crippen molar-refractivity contribution in [1.29, 1.82) is 0 Å². The molecule has 0 saturated carbocycles. The molecule has 3 aromatic carbocycles. The van der Waals surface area contributed by atoms with Gasteiger partial charge in [0.15, 0.2) is 5.13 Å². The summed E-state index contributed by atoms with van der Waals surface area (Å²) in [5.41, 5.74) is 3.90. The number of aromatic nitrogens is 1. The molecule has 5 rings (SSSR count). The van der Waals surface area contributed by atoms with Gasteiger partial charge in [0.1, 0.15) is 18.1 Å². The second-order valence-corrected chi connectivity index (χ2v) is 12.8. The van der Waals surface area contributed by atoms with Crippen LogP contribution in [0.15, 0.2) is 81.6 Å². The molecule has 0 amide bonds. The van der Waals surface area contributed by atoms with Crippen LogP contribution in [-0.2, 0) is 16.6 Å². The van der Waals surface area contributed by atoms with E-state index >= 15 is 0 Å². The molecule has 0 unspecified atom stereocenters. The van der Waals surface area contributed by atoms with E-state index in [-0.39, 0.29) is 11.4 Å². The summed E-state index contributed by atoms with van der Waals surface area (Å²) in [7, 11) is -2.34. The fraction of sp³-hybridized carbons (Fsp3) is 0.250. The third kappa shape index (κ3) is 5.25. The van der Waals surface area contributed by atoms with Gasteiger partial charge in [-0.25, -0.2) is 17.7 Å². The van der Waals surface area contributed by atoms with Crippen molar-refractivity contribution in [2.75, 3.05) is 29.5 Å². The maximum absolute atomic E-state index is 13.9. The number of methoxy groups -OCH3 is 1. The fourth-order valence-electron chi connectivity index (χ4n) is 4.33. The zero-order chi connectivity index (χ0) is 26.9. The molecule has 4 aromatic rings. The van der Waals surface area contributed by atoms with Crippen LogP contribution in [0.4, 0.5) is 16.5 Å². The van der Waals surface area contributed by atoms with Crippen molar-refractivity contribution in [2.24, 2.45) is 0 Å². The molecule has 0 radical (unpaired) electrons. The number of thiazole rings is 1. The van der Waals surface area contributed by atoms with Gasteiger partial charge < -0.3 is 14.4 Å². The summed E-state index contributed by atoms with van der Waals surface area (Å²) in [6, 6.07) is 18.8. The molecule has 1 aliphatic heterocycles. The van der Waals surface area contributed by atoms with E-state index in [1.54, 1.807) is 30.8 Å². The molecular formula is C28H28BrN3O4S2. The van der Waals surface area contributed by atoms with Crippen LogP contribution in [0.1, 0.15) is 30.9 Å². The Balaban J connectivity index is 1.49. The number of hydrogen-bond acceptors (Lipinski definition) is 7. The molecule has 10 heteroatoms. The first-order valence-electron chi connectivity index (χ1n) is 12.2. The van der Waals surface area contributed by atoms with E-state index in [1.165, 1.54) is 21.2 Å². The van der Waals surface area contributed by atoms with Crippen molar-refractivity contribution in [3.05, 3.63) is 87.8 Å². The summed E-state index contributed by atoms with van der Waals surface area (Å²) in [6.07, 6.45) is 1.60. The highest BCUT2D eigenvalue weighted by Gasteiger charge is 2.30. The third-order valence-corrected chi connectivity index (χ3v) is 9.71. The third-order valence-electron chi connectivity index (χ3n) is 6.43. The van der Waals surface area contributed by atoms with E-state index in [2.05, 4.69) is 57.9 Å². The Morgan fingerprint density at radius 1 is 1.11 bits per heavy atom. The molecule has 7 nitrogen and oxygen atoms in total. The predicted octanol–water partition coefficient (Wildman–Crippen LogP) is 6.96. The van der Waals surface area contributed by atoms with E-state index < -0.39 is 10.0 Å². The number of hydrogen-bond donors (Lipinski definition) is 0. The summed E-state index contributed by atoms with van der Waals surface area (Å²) in [5.74, 6) is 1.66. The minimum absolute atomic E-state index is 0.138. The Morgan fingerprint density at radius 2 is 1.87 bits per heavy atom. The molecule has 38 heavy (non-hydrogen) atoms.